The van der Waals surface area contributed by atoms with Crippen molar-refractivity contribution < 1.29 is 4.42 Å². The molecule has 0 bridgehead atoms. The van der Waals surface area contributed by atoms with Crippen molar-refractivity contribution >= 4 is 23.2 Å². The molecule has 0 radical (unpaired) electrons. The van der Waals surface area contributed by atoms with Gasteiger partial charge in [0.25, 0.3) is 0 Å². The van der Waals surface area contributed by atoms with Crippen LogP contribution in [-0.2, 0) is 6.42 Å². The summed E-state index contributed by atoms with van der Waals surface area (Å²) in [7, 11) is 0. The Morgan fingerprint density at radius 1 is 1.19 bits per heavy atom. The van der Waals surface area contributed by atoms with Crippen LogP contribution in [0.15, 0.2) is 41.0 Å². The number of halogens is 2. The molecule has 0 aliphatic rings. The predicted molar refractivity (Wildman–Crippen MR) is 65.8 cm³/mol. The first-order chi connectivity index (χ1) is 7.65. The molecule has 2 nitrogen and oxygen atoms in total. The lowest BCUT2D eigenvalue weighted by molar-refractivity contribution is 0.488. The van der Waals surface area contributed by atoms with Gasteiger partial charge in [-0.25, -0.2) is 0 Å². The fourth-order valence-corrected chi connectivity index (χ4v) is 2.10. The molecular weight excluding hydrogens is 245 g/mol. The largest absolute Gasteiger partial charge is 0.469 e. The summed E-state index contributed by atoms with van der Waals surface area (Å²) in [6.07, 6.45) is 2.26. The van der Waals surface area contributed by atoms with Crippen molar-refractivity contribution in [1.29, 1.82) is 0 Å². The minimum absolute atomic E-state index is 0.164. The van der Waals surface area contributed by atoms with Crippen LogP contribution in [0.4, 0.5) is 0 Å². The molecule has 2 aromatic rings. The maximum absolute atomic E-state index is 6.05. The van der Waals surface area contributed by atoms with Crippen molar-refractivity contribution in [2.75, 3.05) is 0 Å². The normalized spacial score (nSPS) is 12.7. The fourth-order valence-electron chi connectivity index (χ4n) is 1.55. The van der Waals surface area contributed by atoms with Crippen LogP contribution in [0.25, 0.3) is 0 Å². The third-order valence-electron chi connectivity index (χ3n) is 2.31. The summed E-state index contributed by atoms with van der Waals surface area (Å²) in [5.41, 5.74) is 6.96. The molecule has 0 aliphatic heterocycles. The van der Waals surface area contributed by atoms with Gasteiger partial charge in [0, 0.05) is 22.5 Å². The molecule has 1 atom stereocenters. The summed E-state index contributed by atoms with van der Waals surface area (Å²) in [4.78, 5) is 0. The number of nitrogens with two attached hydrogens (primary N) is 1. The summed E-state index contributed by atoms with van der Waals surface area (Å²) in [6.45, 7) is 0. The number of hydrogen-bond donors (Lipinski definition) is 1. The van der Waals surface area contributed by atoms with Crippen molar-refractivity contribution in [2.24, 2.45) is 5.73 Å². The van der Waals surface area contributed by atoms with Gasteiger partial charge in [-0.05, 0) is 35.9 Å². The van der Waals surface area contributed by atoms with Gasteiger partial charge < -0.3 is 10.2 Å². The van der Waals surface area contributed by atoms with Crippen LogP contribution in [-0.4, -0.2) is 0 Å². The Labute approximate surface area is 104 Å². The van der Waals surface area contributed by atoms with E-state index in [-0.39, 0.29) is 6.04 Å². The second-order valence-electron chi connectivity index (χ2n) is 3.59. The third-order valence-corrected chi connectivity index (χ3v) is 2.75. The maximum atomic E-state index is 6.05. The smallest absolute Gasteiger partial charge is 0.105 e. The van der Waals surface area contributed by atoms with Gasteiger partial charge in [0.2, 0.25) is 0 Å². The summed E-state index contributed by atoms with van der Waals surface area (Å²) < 4.78 is 5.24. The highest BCUT2D eigenvalue weighted by atomic mass is 35.5. The third kappa shape index (κ3) is 2.79. The van der Waals surface area contributed by atoms with Crippen molar-refractivity contribution in [3.63, 3.8) is 0 Å². The maximum Gasteiger partial charge on any atom is 0.105 e. The van der Waals surface area contributed by atoms with Gasteiger partial charge in [-0.15, -0.1) is 0 Å². The first kappa shape index (κ1) is 11.5. The van der Waals surface area contributed by atoms with E-state index in [1.807, 2.05) is 24.3 Å². The quantitative estimate of drug-likeness (QED) is 0.906. The second-order valence-corrected chi connectivity index (χ2v) is 4.47. The lowest BCUT2D eigenvalue weighted by Gasteiger charge is -2.11. The minimum Gasteiger partial charge on any atom is -0.469 e. The van der Waals surface area contributed by atoms with Gasteiger partial charge in [0.1, 0.15) is 5.76 Å². The Kier molecular flexibility index (Phi) is 3.54. The van der Waals surface area contributed by atoms with Crippen molar-refractivity contribution in [3.8, 4) is 0 Å². The van der Waals surface area contributed by atoms with Gasteiger partial charge in [-0.2, -0.15) is 0 Å². The van der Waals surface area contributed by atoms with E-state index in [1.165, 1.54) is 0 Å². The lowest BCUT2D eigenvalue weighted by Crippen LogP contribution is -2.12. The summed E-state index contributed by atoms with van der Waals surface area (Å²) in [5, 5.41) is 1.19. The van der Waals surface area contributed by atoms with Crippen LogP contribution in [0.2, 0.25) is 10.0 Å². The zero-order valence-electron chi connectivity index (χ0n) is 8.49. The van der Waals surface area contributed by atoms with E-state index in [1.54, 1.807) is 12.3 Å². The van der Waals surface area contributed by atoms with Crippen LogP contribution >= 0.6 is 23.2 Å². The van der Waals surface area contributed by atoms with E-state index < -0.39 is 0 Å². The predicted octanol–water partition coefficient (Wildman–Crippen LogP) is 3.83. The highest BCUT2D eigenvalue weighted by molar-refractivity contribution is 6.34. The number of furan rings is 1. The van der Waals surface area contributed by atoms with E-state index >= 15 is 0 Å². The molecule has 0 spiro atoms. The zero-order valence-corrected chi connectivity index (χ0v) is 10.0. The van der Waals surface area contributed by atoms with Crippen LogP contribution in [0, 0.1) is 0 Å². The van der Waals surface area contributed by atoms with Crippen molar-refractivity contribution in [3.05, 3.63) is 58.0 Å². The Hall–Kier alpha value is -0.960. The van der Waals surface area contributed by atoms with Crippen LogP contribution < -0.4 is 5.73 Å². The standard InChI is InChI=1S/C12H11Cl2NO/c13-9-4-8(5-10(14)6-9)12(15)7-11-2-1-3-16-11/h1-6,12H,7,15H2. The Bertz CT molecular complexity index is 448. The van der Waals surface area contributed by atoms with E-state index in [9.17, 15) is 0 Å². The Morgan fingerprint density at radius 3 is 2.44 bits per heavy atom. The lowest BCUT2D eigenvalue weighted by atomic mass is 10.0. The van der Waals surface area contributed by atoms with Crippen LogP contribution in [0.3, 0.4) is 0 Å². The molecule has 2 rings (SSSR count). The van der Waals surface area contributed by atoms with Crippen molar-refractivity contribution in [1.82, 2.24) is 0 Å². The molecule has 16 heavy (non-hydrogen) atoms. The van der Waals surface area contributed by atoms with Crippen molar-refractivity contribution in [2.45, 2.75) is 12.5 Å². The monoisotopic (exact) mass is 255 g/mol. The molecule has 0 amide bonds. The van der Waals surface area contributed by atoms with Crippen LogP contribution in [0.1, 0.15) is 17.4 Å². The average molecular weight is 256 g/mol. The molecule has 1 unspecified atom stereocenters. The van der Waals surface area contributed by atoms with Gasteiger partial charge >= 0.3 is 0 Å². The molecule has 84 valence electrons. The van der Waals surface area contributed by atoms with E-state index in [0.29, 0.717) is 16.5 Å². The molecule has 0 saturated carbocycles. The van der Waals surface area contributed by atoms with E-state index in [0.717, 1.165) is 11.3 Å². The summed E-state index contributed by atoms with van der Waals surface area (Å²) in [6, 6.07) is 8.90. The SMILES string of the molecule is NC(Cc1ccco1)c1cc(Cl)cc(Cl)c1. The van der Waals surface area contributed by atoms with Crippen LogP contribution in [0.5, 0.6) is 0 Å². The molecule has 1 aromatic heterocycles. The number of rotatable bonds is 3. The van der Waals surface area contributed by atoms with Gasteiger partial charge in [0.05, 0.1) is 6.26 Å². The van der Waals surface area contributed by atoms with Gasteiger partial charge in [-0.1, -0.05) is 23.2 Å². The average Bonchev–Trinajstić information content (AvgIpc) is 2.68. The molecule has 1 heterocycles. The number of hydrogen-bond acceptors (Lipinski definition) is 2. The second kappa shape index (κ2) is 4.91. The number of benzene rings is 1. The van der Waals surface area contributed by atoms with E-state index in [4.69, 9.17) is 33.4 Å². The molecule has 0 saturated heterocycles. The molecule has 0 fully saturated rings. The minimum atomic E-state index is -0.164. The Balaban J connectivity index is 2.17. The Morgan fingerprint density at radius 2 is 1.88 bits per heavy atom. The molecule has 1 aromatic carbocycles. The fraction of sp³-hybridized carbons (Fsp3) is 0.167. The summed E-state index contributed by atoms with van der Waals surface area (Å²) >= 11 is 11.8. The highest BCUT2D eigenvalue weighted by Crippen LogP contribution is 2.24. The molecule has 0 aliphatic carbocycles. The first-order valence-corrected chi connectivity index (χ1v) is 5.64. The van der Waals surface area contributed by atoms with Gasteiger partial charge in [-0.3, -0.25) is 0 Å². The molecule has 4 heteroatoms. The highest BCUT2D eigenvalue weighted by Gasteiger charge is 2.10. The first-order valence-electron chi connectivity index (χ1n) is 4.89. The van der Waals surface area contributed by atoms with Gasteiger partial charge in [0.15, 0.2) is 0 Å². The summed E-state index contributed by atoms with van der Waals surface area (Å²) in [5.74, 6) is 0.851. The molecular formula is C12H11Cl2NO. The molecule has 2 N–H and O–H groups in total. The zero-order chi connectivity index (χ0) is 11.5. The topological polar surface area (TPSA) is 39.2 Å². The van der Waals surface area contributed by atoms with E-state index in [2.05, 4.69) is 0 Å².